The van der Waals surface area contributed by atoms with E-state index in [-0.39, 0.29) is 6.04 Å². The molecule has 0 fully saturated rings. The maximum Gasteiger partial charge on any atom is 0.0850 e. The second kappa shape index (κ2) is 7.10. The van der Waals surface area contributed by atoms with Crippen molar-refractivity contribution < 1.29 is 0 Å². The molecule has 0 aliphatic heterocycles. The minimum absolute atomic E-state index is 0.0519. The second-order valence-electron chi connectivity index (χ2n) is 5.53. The lowest BCUT2D eigenvalue weighted by Gasteiger charge is -2.13. The largest absolute Gasteiger partial charge is 0.327 e. The van der Waals surface area contributed by atoms with Crippen LogP contribution in [0.4, 0.5) is 0 Å². The summed E-state index contributed by atoms with van der Waals surface area (Å²) in [4.78, 5) is 0. The third kappa shape index (κ3) is 3.86. The van der Waals surface area contributed by atoms with Gasteiger partial charge in [0.15, 0.2) is 0 Å². The smallest absolute Gasteiger partial charge is 0.0850 e. The molecule has 1 unspecified atom stereocenters. The van der Waals surface area contributed by atoms with Crippen LogP contribution in [0.1, 0.15) is 36.4 Å². The molecule has 0 saturated heterocycles. The average molecular weight is 306 g/mol. The number of nitrogens with zero attached hydrogens (tertiary/aromatic N) is 2. The summed E-state index contributed by atoms with van der Waals surface area (Å²) < 4.78 is 1.98. The molecule has 2 N–H and O–H groups in total. The van der Waals surface area contributed by atoms with E-state index in [0.717, 1.165) is 42.2 Å². The average Bonchev–Trinajstić information content (AvgIpc) is 2.75. The molecular formula is C17H24ClN3. The topological polar surface area (TPSA) is 43.8 Å². The molecule has 1 aromatic heterocycles. The number of nitrogens with two attached hydrogens (primary N) is 1. The Morgan fingerprint density at radius 2 is 2.05 bits per heavy atom. The second-order valence-corrected chi connectivity index (χ2v) is 5.91. The van der Waals surface area contributed by atoms with Crippen molar-refractivity contribution in [3.05, 3.63) is 51.8 Å². The summed E-state index contributed by atoms with van der Waals surface area (Å²) in [5.74, 6) is 0. The summed E-state index contributed by atoms with van der Waals surface area (Å²) in [6.45, 7) is 7.08. The van der Waals surface area contributed by atoms with Crippen LogP contribution in [0.5, 0.6) is 0 Å². The fourth-order valence-electron chi connectivity index (χ4n) is 2.67. The molecule has 0 aliphatic carbocycles. The van der Waals surface area contributed by atoms with Crippen LogP contribution in [0, 0.1) is 6.92 Å². The first-order chi connectivity index (χ1) is 10.0. The van der Waals surface area contributed by atoms with Gasteiger partial charge in [-0.05, 0) is 32.3 Å². The Balaban J connectivity index is 2.12. The van der Waals surface area contributed by atoms with Crippen molar-refractivity contribution in [3.8, 4) is 0 Å². The van der Waals surface area contributed by atoms with Gasteiger partial charge in [-0.1, -0.05) is 48.4 Å². The molecule has 1 atom stereocenters. The van der Waals surface area contributed by atoms with Gasteiger partial charge in [-0.15, -0.1) is 0 Å². The molecule has 114 valence electrons. The van der Waals surface area contributed by atoms with Gasteiger partial charge in [0.1, 0.15) is 0 Å². The van der Waals surface area contributed by atoms with Crippen molar-refractivity contribution >= 4 is 11.6 Å². The molecule has 1 heterocycles. The number of halogens is 1. The lowest BCUT2D eigenvalue weighted by Crippen LogP contribution is -2.27. The Bertz CT molecular complexity index is 604. The van der Waals surface area contributed by atoms with Crippen molar-refractivity contribution in [2.45, 2.75) is 52.6 Å². The Kier molecular flexibility index (Phi) is 5.43. The summed E-state index contributed by atoms with van der Waals surface area (Å²) >= 11 is 6.44. The molecule has 21 heavy (non-hydrogen) atoms. The first kappa shape index (κ1) is 16.1. The fraction of sp³-hybridized carbons (Fsp3) is 0.471. The van der Waals surface area contributed by atoms with Crippen molar-refractivity contribution in [1.82, 2.24) is 9.78 Å². The van der Waals surface area contributed by atoms with Crippen LogP contribution in [-0.4, -0.2) is 15.8 Å². The molecule has 2 rings (SSSR count). The molecule has 1 aromatic carbocycles. The molecule has 3 nitrogen and oxygen atoms in total. The van der Waals surface area contributed by atoms with Crippen LogP contribution in [0.15, 0.2) is 24.3 Å². The number of hydrogen-bond donors (Lipinski definition) is 1. The lowest BCUT2D eigenvalue weighted by atomic mass is 10.0. The molecule has 0 spiro atoms. The predicted molar refractivity (Wildman–Crippen MR) is 88.9 cm³/mol. The van der Waals surface area contributed by atoms with E-state index in [1.807, 2.05) is 4.68 Å². The molecular weight excluding hydrogens is 282 g/mol. The van der Waals surface area contributed by atoms with Crippen molar-refractivity contribution in [2.75, 3.05) is 0 Å². The summed E-state index contributed by atoms with van der Waals surface area (Å²) in [5, 5.41) is 5.34. The molecule has 0 aliphatic rings. The first-order valence-corrected chi connectivity index (χ1v) is 7.98. The third-order valence-electron chi connectivity index (χ3n) is 3.73. The maximum atomic E-state index is 6.44. The monoisotopic (exact) mass is 305 g/mol. The maximum absolute atomic E-state index is 6.44. The zero-order chi connectivity index (χ0) is 15.4. The Morgan fingerprint density at radius 3 is 2.67 bits per heavy atom. The lowest BCUT2D eigenvalue weighted by molar-refractivity contribution is 0.573. The molecule has 0 saturated carbocycles. The number of hydrogen-bond acceptors (Lipinski definition) is 2. The highest BCUT2D eigenvalue weighted by Crippen LogP contribution is 2.23. The number of benzene rings is 1. The van der Waals surface area contributed by atoms with E-state index in [2.05, 4.69) is 50.1 Å². The Labute approximate surface area is 132 Å². The summed E-state index contributed by atoms with van der Waals surface area (Å²) in [6.07, 6.45) is 2.47. The van der Waals surface area contributed by atoms with Crippen LogP contribution in [0.25, 0.3) is 0 Å². The van der Waals surface area contributed by atoms with E-state index in [9.17, 15) is 0 Å². The quantitative estimate of drug-likeness (QED) is 0.887. The summed E-state index contributed by atoms with van der Waals surface area (Å²) in [7, 11) is 0. The minimum atomic E-state index is 0.0519. The van der Waals surface area contributed by atoms with Gasteiger partial charge in [0.25, 0.3) is 0 Å². The summed E-state index contributed by atoms with van der Waals surface area (Å²) in [5.41, 5.74) is 10.9. The van der Waals surface area contributed by atoms with E-state index in [1.165, 1.54) is 11.1 Å². The SMILES string of the molecule is CCc1nn(CC)c(CC(N)Cc2cccc(C)c2)c1Cl. The van der Waals surface area contributed by atoms with E-state index >= 15 is 0 Å². The minimum Gasteiger partial charge on any atom is -0.327 e. The zero-order valence-electron chi connectivity index (χ0n) is 13.1. The van der Waals surface area contributed by atoms with Crippen LogP contribution >= 0.6 is 11.6 Å². The van der Waals surface area contributed by atoms with E-state index in [4.69, 9.17) is 17.3 Å². The van der Waals surface area contributed by atoms with Gasteiger partial charge in [-0.25, -0.2) is 0 Å². The van der Waals surface area contributed by atoms with Gasteiger partial charge < -0.3 is 5.73 Å². The normalized spacial score (nSPS) is 12.6. The highest BCUT2D eigenvalue weighted by atomic mass is 35.5. The van der Waals surface area contributed by atoms with Crippen LogP contribution in [0.3, 0.4) is 0 Å². The molecule has 0 radical (unpaired) electrons. The van der Waals surface area contributed by atoms with E-state index in [0.29, 0.717) is 0 Å². The van der Waals surface area contributed by atoms with Gasteiger partial charge in [0.05, 0.1) is 16.4 Å². The Hall–Kier alpha value is -1.32. The standard InChI is InChI=1S/C17H24ClN3/c1-4-15-17(18)16(21(5-2)20-15)11-14(19)10-13-8-6-7-12(3)9-13/h6-9,14H,4-5,10-11,19H2,1-3H3. The van der Waals surface area contributed by atoms with Gasteiger partial charge in [0, 0.05) is 19.0 Å². The van der Waals surface area contributed by atoms with Gasteiger partial charge in [0.2, 0.25) is 0 Å². The molecule has 2 aromatic rings. The number of aromatic nitrogens is 2. The zero-order valence-corrected chi connectivity index (χ0v) is 13.8. The predicted octanol–water partition coefficient (Wildman–Crippen LogP) is 3.54. The highest BCUT2D eigenvalue weighted by Gasteiger charge is 2.17. The van der Waals surface area contributed by atoms with Crippen LogP contribution in [0.2, 0.25) is 5.02 Å². The highest BCUT2D eigenvalue weighted by molar-refractivity contribution is 6.31. The van der Waals surface area contributed by atoms with E-state index in [1.54, 1.807) is 0 Å². The van der Waals surface area contributed by atoms with Crippen molar-refractivity contribution in [2.24, 2.45) is 5.73 Å². The third-order valence-corrected chi connectivity index (χ3v) is 4.17. The van der Waals surface area contributed by atoms with Crippen LogP contribution < -0.4 is 5.73 Å². The van der Waals surface area contributed by atoms with Crippen molar-refractivity contribution in [3.63, 3.8) is 0 Å². The first-order valence-electron chi connectivity index (χ1n) is 7.60. The number of aryl methyl sites for hydroxylation is 3. The number of rotatable bonds is 6. The van der Waals surface area contributed by atoms with Gasteiger partial charge >= 0.3 is 0 Å². The van der Waals surface area contributed by atoms with Crippen LogP contribution in [-0.2, 0) is 25.8 Å². The fourth-order valence-corrected chi connectivity index (χ4v) is 3.02. The Morgan fingerprint density at radius 1 is 1.29 bits per heavy atom. The molecule has 0 bridgehead atoms. The van der Waals surface area contributed by atoms with E-state index < -0.39 is 0 Å². The van der Waals surface area contributed by atoms with Gasteiger partial charge in [-0.3, -0.25) is 4.68 Å². The molecule has 4 heteroatoms. The molecule has 0 amide bonds. The summed E-state index contributed by atoms with van der Waals surface area (Å²) in [6, 6.07) is 8.55. The van der Waals surface area contributed by atoms with Crippen molar-refractivity contribution in [1.29, 1.82) is 0 Å². The van der Waals surface area contributed by atoms with Gasteiger partial charge in [-0.2, -0.15) is 5.10 Å².